The number of nitrogens with one attached hydrogen (secondary N) is 1. The number of benzene rings is 2. The Morgan fingerprint density at radius 2 is 1.94 bits per heavy atom. The van der Waals surface area contributed by atoms with Crippen molar-refractivity contribution < 1.29 is 28.8 Å². The molecule has 32 heavy (non-hydrogen) atoms. The van der Waals surface area contributed by atoms with Gasteiger partial charge in [-0.15, -0.1) is 0 Å². The minimum absolute atomic E-state index is 0.0310. The number of thioether (sulfide) groups is 1. The van der Waals surface area contributed by atoms with Gasteiger partial charge in [-0.05, 0) is 54.9 Å². The minimum Gasteiger partial charge on any atom is -0.454 e. The van der Waals surface area contributed by atoms with Gasteiger partial charge in [0.05, 0.1) is 21.5 Å². The van der Waals surface area contributed by atoms with Crippen molar-refractivity contribution in [2.75, 3.05) is 18.7 Å². The second kappa shape index (κ2) is 8.35. The number of imide groups is 1. The van der Waals surface area contributed by atoms with E-state index in [2.05, 4.69) is 5.32 Å². The first-order valence-electron chi connectivity index (χ1n) is 9.43. The summed E-state index contributed by atoms with van der Waals surface area (Å²) in [5.74, 6) is -0.710. The van der Waals surface area contributed by atoms with Crippen molar-refractivity contribution in [3.8, 4) is 11.5 Å². The summed E-state index contributed by atoms with van der Waals surface area (Å²) in [5.41, 5.74) is 2.17. The van der Waals surface area contributed by atoms with Gasteiger partial charge in [-0.1, -0.05) is 12.1 Å². The molecule has 1 saturated heterocycles. The second-order valence-corrected chi connectivity index (χ2v) is 8.15. The fourth-order valence-electron chi connectivity index (χ4n) is 3.20. The summed E-state index contributed by atoms with van der Waals surface area (Å²) in [6.07, 6.45) is 1.24. The number of carbonyl (C=O) groups excluding carboxylic acids is 3. The fraction of sp³-hybridized carbons (Fsp3) is 0.190. The maximum absolute atomic E-state index is 12.8. The molecule has 1 N–H and O–H groups in total. The first-order chi connectivity index (χ1) is 15.2. The molecule has 0 saturated carbocycles. The molecule has 0 radical (unpaired) electrons. The van der Waals surface area contributed by atoms with Gasteiger partial charge in [0.15, 0.2) is 11.5 Å². The van der Waals surface area contributed by atoms with E-state index in [0.717, 1.165) is 16.0 Å². The maximum Gasteiger partial charge on any atom is 0.294 e. The van der Waals surface area contributed by atoms with Crippen LogP contribution in [-0.2, 0) is 9.59 Å². The van der Waals surface area contributed by atoms with Gasteiger partial charge in [0, 0.05) is 5.69 Å². The van der Waals surface area contributed by atoms with E-state index in [0.29, 0.717) is 23.2 Å². The third-order valence-corrected chi connectivity index (χ3v) is 5.76. The molecular weight excluding hydrogens is 438 g/mol. The van der Waals surface area contributed by atoms with Gasteiger partial charge in [0.1, 0.15) is 6.54 Å². The van der Waals surface area contributed by atoms with Gasteiger partial charge in [-0.2, -0.15) is 0 Å². The molecule has 0 bridgehead atoms. The highest BCUT2D eigenvalue weighted by atomic mass is 32.2. The van der Waals surface area contributed by atoms with Crippen LogP contribution < -0.4 is 14.8 Å². The number of amides is 3. The smallest absolute Gasteiger partial charge is 0.294 e. The van der Waals surface area contributed by atoms with Crippen LogP contribution in [0, 0.1) is 24.0 Å². The number of carbonyl (C=O) groups is 3. The second-order valence-electron chi connectivity index (χ2n) is 7.16. The zero-order valence-electron chi connectivity index (χ0n) is 17.0. The molecule has 2 aromatic carbocycles. The summed E-state index contributed by atoms with van der Waals surface area (Å²) in [6.45, 7) is 3.17. The molecule has 0 unspecified atom stereocenters. The highest BCUT2D eigenvalue weighted by Gasteiger charge is 2.37. The number of fused-ring (bicyclic) bond motifs is 1. The third kappa shape index (κ3) is 4.14. The van der Waals surface area contributed by atoms with Crippen molar-refractivity contribution in [3.05, 3.63) is 62.0 Å². The van der Waals surface area contributed by atoms with Crippen LogP contribution in [0.2, 0.25) is 0 Å². The number of anilines is 1. The normalized spacial score (nSPS) is 16.1. The average Bonchev–Trinajstić information content (AvgIpc) is 3.29. The zero-order valence-corrected chi connectivity index (χ0v) is 17.9. The number of hydrogen-bond acceptors (Lipinski definition) is 8. The molecule has 11 heteroatoms. The Hall–Kier alpha value is -3.86. The molecule has 1 fully saturated rings. The van der Waals surface area contributed by atoms with Gasteiger partial charge in [-0.3, -0.25) is 29.4 Å². The van der Waals surface area contributed by atoms with E-state index in [-0.39, 0.29) is 28.7 Å². The van der Waals surface area contributed by atoms with Gasteiger partial charge in [0.2, 0.25) is 12.7 Å². The van der Waals surface area contributed by atoms with Crippen LogP contribution in [0.1, 0.15) is 16.7 Å². The summed E-state index contributed by atoms with van der Waals surface area (Å²) in [7, 11) is 0. The lowest BCUT2D eigenvalue weighted by Crippen LogP contribution is -2.36. The van der Waals surface area contributed by atoms with E-state index in [4.69, 9.17) is 9.47 Å². The van der Waals surface area contributed by atoms with E-state index < -0.39 is 28.5 Å². The lowest BCUT2D eigenvalue weighted by Gasteiger charge is -2.14. The van der Waals surface area contributed by atoms with Crippen LogP contribution in [-0.4, -0.2) is 40.2 Å². The molecule has 164 valence electrons. The molecule has 2 aliphatic heterocycles. The summed E-state index contributed by atoms with van der Waals surface area (Å²) >= 11 is 0.608. The van der Waals surface area contributed by atoms with Crippen molar-refractivity contribution in [2.45, 2.75) is 13.8 Å². The summed E-state index contributed by atoms with van der Waals surface area (Å²) in [4.78, 5) is 49.2. The molecule has 2 aromatic rings. The monoisotopic (exact) mass is 455 g/mol. The lowest BCUT2D eigenvalue weighted by atomic mass is 10.1. The van der Waals surface area contributed by atoms with Gasteiger partial charge in [-0.25, -0.2) is 0 Å². The first-order valence-corrected chi connectivity index (χ1v) is 10.2. The van der Waals surface area contributed by atoms with E-state index in [1.54, 1.807) is 6.07 Å². The minimum atomic E-state index is -0.705. The van der Waals surface area contributed by atoms with Crippen LogP contribution in [0.3, 0.4) is 0 Å². The van der Waals surface area contributed by atoms with Crippen LogP contribution in [0.25, 0.3) is 6.08 Å². The topological polar surface area (TPSA) is 128 Å². The van der Waals surface area contributed by atoms with Crippen molar-refractivity contribution in [1.82, 2.24) is 4.90 Å². The van der Waals surface area contributed by atoms with E-state index in [1.165, 1.54) is 18.2 Å². The SMILES string of the molecule is Cc1ccc(C)c(NC(=O)CN2C(=O)S/C(=C\c3cc4c(cc3[N+](=O)[O-])OCO4)C2=O)c1. The van der Waals surface area contributed by atoms with Crippen molar-refractivity contribution in [3.63, 3.8) is 0 Å². The average molecular weight is 455 g/mol. The Morgan fingerprint density at radius 3 is 2.66 bits per heavy atom. The molecule has 4 rings (SSSR count). The molecule has 0 spiro atoms. The Labute approximate surface area is 186 Å². The molecule has 0 aromatic heterocycles. The van der Waals surface area contributed by atoms with Crippen LogP contribution in [0.15, 0.2) is 35.2 Å². The number of rotatable bonds is 5. The maximum atomic E-state index is 12.8. The van der Waals surface area contributed by atoms with Crippen LogP contribution in [0.4, 0.5) is 16.2 Å². The van der Waals surface area contributed by atoms with E-state index in [1.807, 2.05) is 26.0 Å². The van der Waals surface area contributed by atoms with Gasteiger partial charge >= 0.3 is 0 Å². The summed E-state index contributed by atoms with van der Waals surface area (Å²) in [6, 6.07) is 8.13. The summed E-state index contributed by atoms with van der Waals surface area (Å²) < 4.78 is 10.4. The van der Waals surface area contributed by atoms with Crippen LogP contribution in [0.5, 0.6) is 11.5 Å². The molecule has 2 aliphatic rings. The van der Waals surface area contributed by atoms with Crippen LogP contribution >= 0.6 is 11.8 Å². The van der Waals surface area contributed by atoms with Crippen molar-refractivity contribution in [1.29, 1.82) is 0 Å². The number of nitro benzene ring substituents is 1. The number of nitro groups is 1. The Balaban J connectivity index is 1.54. The molecule has 0 atom stereocenters. The van der Waals surface area contributed by atoms with Gasteiger partial charge < -0.3 is 14.8 Å². The highest BCUT2D eigenvalue weighted by Crippen LogP contribution is 2.40. The van der Waals surface area contributed by atoms with Gasteiger partial charge in [0.25, 0.3) is 16.8 Å². The molecule has 10 nitrogen and oxygen atoms in total. The quantitative estimate of drug-likeness (QED) is 0.411. The van der Waals surface area contributed by atoms with Crippen molar-refractivity contribution in [2.24, 2.45) is 0 Å². The lowest BCUT2D eigenvalue weighted by molar-refractivity contribution is -0.385. The fourth-order valence-corrected chi connectivity index (χ4v) is 4.03. The molecule has 3 amide bonds. The largest absolute Gasteiger partial charge is 0.454 e. The van der Waals surface area contributed by atoms with E-state index >= 15 is 0 Å². The number of aryl methyl sites for hydroxylation is 2. The Kier molecular flexibility index (Phi) is 5.57. The zero-order chi connectivity index (χ0) is 23.0. The van der Waals surface area contributed by atoms with E-state index in [9.17, 15) is 24.5 Å². The molecular formula is C21H17N3O7S. The number of nitrogens with zero attached hydrogens (tertiary/aromatic N) is 2. The number of ether oxygens (including phenoxy) is 2. The predicted octanol–water partition coefficient (Wildman–Crippen LogP) is 3.62. The third-order valence-electron chi connectivity index (χ3n) is 4.85. The molecule has 2 heterocycles. The first kappa shape index (κ1) is 21.4. The Morgan fingerprint density at radius 1 is 1.22 bits per heavy atom. The highest BCUT2D eigenvalue weighted by molar-refractivity contribution is 8.18. The standard InChI is InChI=1S/C21H17N3O7S/c1-11-3-4-12(2)14(5-11)22-19(25)9-23-20(26)18(32-21(23)27)7-13-6-16-17(31-10-30-16)8-15(13)24(28)29/h3-8H,9-10H2,1-2H3,(H,22,25)/b18-7-. The predicted molar refractivity (Wildman–Crippen MR) is 116 cm³/mol. The number of hydrogen-bond donors (Lipinski definition) is 1. The Bertz CT molecular complexity index is 1210. The molecule has 0 aliphatic carbocycles. The summed E-state index contributed by atoms with van der Waals surface area (Å²) in [5, 5.41) is 13.5. The van der Waals surface area contributed by atoms with Crippen molar-refractivity contribution >= 4 is 46.3 Å².